The zero-order valence-corrected chi connectivity index (χ0v) is 15.9. The van der Waals surface area contributed by atoms with E-state index in [-0.39, 0.29) is 11.5 Å². The van der Waals surface area contributed by atoms with Crippen LogP contribution in [0.4, 0.5) is 5.00 Å². The number of esters is 1. The predicted octanol–water partition coefficient (Wildman–Crippen LogP) is 4.21. The molecule has 4 nitrogen and oxygen atoms in total. The van der Waals surface area contributed by atoms with Crippen molar-refractivity contribution in [3.05, 3.63) is 52.4 Å². The van der Waals surface area contributed by atoms with Crippen molar-refractivity contribution < 1.29 is 9.53 Å². The van der Waals surface area contributed by atoms with Crippen molar-refractivity contribution in [1.82, 2.24) is 5.32 Å². The minimum Gasteiger partial charge on any atom is -0.465 e. The third kappa shape index (κ3) is 5.32. The Labute approximate surface area is 152 Å². The molecule has 0 saturated carbocycles. The maximum atomic E-state index is 12.0. The smallest absolute Gasteiger partial charge is 0.340 e. The lowest BCUT2D eigenvalue weighted by molar-refractivity contribution is 0.0602. The highest BCUT2D eigenvalue weighted by molar-refractivity contribution is 7.80. The number of hydrogen-bond donors (Lipinski definition) is 2. The molecular weight excluding hydrogens is 340 g/mol. The van der Waals surface area contributed by atoms with E-state index in [0.717, 1.165) is 11.3 Å². The number of hydrogen-bond acceptors (Lipinski definition) is 4. The van der Waals surface area contributed by atoms with Gasteiger partial charge in [0.05, 0.1) is 12.7 Å². The lowest BCUT2D eigenvalue weighted by atomic mass is 10.1. The van der Waals surface area contributed by atoms with Gasteiger partial charge in [-0.1, -0.05) is 30.3 Å². The Morgan fingerprint density at radius 2 is 1.92 bits per heavy atom. The first-order chi connectivity index (χ1) is 11.3. The molecule has 0 aliphatic carbocycles. The Hall–Kier alpha value is -1.92. The van der Waals surface area contributed by atoms with Crippen molar-refractivity contribution in [3.8, 4) is 0 Å². The van der Waals surface area contributed by atoms with Gasteiger partial charge in [0, 0.05) is 16.8 Å². The first-order valence-corrected chi connectivity index (χ1v) is 8.85. The van der Waals surface area contributed by atoms with Crippen LogP contribution in [0.3, 0.4) is 0 Å². The Bertz CT molecular complexity index is 718. The van der Waals surface area contributed by atoms with E-state index >= 15 is 0 Å². The van der Waals surface area contributed by atoms with Gasteiger partial charge in [0.15, 0.2) is 5.11 Å². The van der Waals surface area contributed by atoms with Crippen molar-refractivity contribution >= 4 is 39.6 Å². The lowest BCUT2D eigenvalue weighted by Gasteiger charge is -2.22. The summed E-state index contributed by atoms with van der Waals surface area (Å²) in [5.41, 5.74) is 1.54. The molecule has 128 valence electrons. The average molecular weight is 363 g/mol. The normalized spacial score (nSPS) is 11.0. The number of rotatable bonds is 4. The standard InChI is InChI=1S/C18H22N2O2S2/c1-18(2,3)20-17(23)19-15-14(16(21)22-4)11-13(24-15)10-12-8-6-5-7-9-12/h5-9,11H,10H2,1-4H3,(H2,19,20,23). The molecule has 0 amide bonds. The topological polar surface area (TPSA) is 50.4 Å². The fourth-order valence-electron chi connectivity index (χ4n) is 2.16. The van der Waals surface area contributed by atoms with Gasteiger partial charge >= 0.3 is 5.97 Å². The van der Waals surface area contributed by atoms with Crippen molar-refractivity contribution in [2.75, 3.05) is 12.4 Å². The Morgan fingerprint density at radius 1 is 1.25 bits per heavy atom. The lowest BCUT2D eigenvalue weighted by Crippen LogP contribution is -2.42. The maximum Gasteiger partial charge on any atom is 0.340 e. The summed E-state index contributed by atoms with van der Waals surface area (Å²) in [6.07, 6.45) is 0.761. The predicted molar refractivity (Wildman–Crippen MR) is 104 cm³/mol. The second-order valence-corrected chi connectivity index (χ2v) is 7.98. The molecule has 1 aromatic carbocycles. The van der Waals surface area contributed by atoms with Crippen molar-refractivity contribution in [3.63, 3.8) is 0 Å². The quantitative estimate of drug-likeness (QED) is 0.630. The number of methoxy groups -OCH3 is 1. The van der Waals surface area contributed by atoms with Crippen LogP contribution in [-0.2, 0) is 11.2 Å². The molecule has 0 aliphatic rings. The second kappa shape index (κ2) is 7.77. The number of benzene rings is 1. The van der Waals surface area contributed by atoms with Gasteiger partial charge in [0.25, 0.3) is 0 Å². The highest BCUT2D eigenvalue weighted by Crippen LogP contribution is 2.30. The van der Waals surface area contributed by atoms with Crippen LogP contribution >= 0.6 is 23.6 Å². The molecule has 6 heteroatoms. The summed E-state index contributed by atoms with van der Waals surface area (Å²) in [7, 11) is 1.38. The summed E-state index contributed by atoms with van der Waals surface area (Å²) >= 11 is 6.85. The van der Waals surface area contributed by atoms with E-state index in [1.54, 1.807) is 0 Å². The number of thiocarbonyl (C=S) groups is 1. The largest absolute Gasteiger partial charge is 0.465 e. The van der Waals surface area contributed by atoms with E-state index in [0.29, 0.717) is 15.7 Å². The first-order valence-electron chi connectivity index (χ1n) is 7.62. The zero-order valence-electron chi connectivity index (χ0n) is 14.3. The number of carbonyl (C=O) groups excluding carboxylic acids is 1. The van der Waals surface area contributed by atoms with E-state index in [9.17, 15) is 4.79 Å². The Kier molecular flexibility index (Phi) is 5.96. The van der Waals surface area contributed by atoms with Gasteiger partial charge in [-0.15, -0.1) is 11.3 Å². The van der Waals surface area contributed by atoms with Crippen LogP contribution in [0, 0.1) is 0 Å². The number of ether oxygens (including phenoxy) is 1. The van der Waals surface area contributed by atoms with Crippen LogP contribution in [0.5, 0.6) is 0 Å². The molecule has 2 aromatic rings. The third-order valence-corrected chi connectivity index (χ3v) is 4.38. The SMILES string of the molecule is COC(=O)c1cc(Cc2ccccc2)sc1NC(=S)NC(C)(C)C. The Balaban J connectivity index is 2.22. The van der Waals surface area contributed by atoms with E-state index in [1.807, 2.05) is 45.0 Å². The van der Waals surface area contributed by atoms with E-state index < -0.39 is 0 Å². The first kappa shape index (κ1) is 18.4. The Morgan fingerprint density at radius 3 is 2.50 bits per heavy atom. The van der Waals surface area contributed by atoms with Crippen LogP contribution in [0.25, 0.3) is 0 Å². The number of carbonyl (C=O) groups is 1. The minimum absolute atomic E-state index is 0.153. The summed E-state index contributed by atoms with van der Waals surface area (Å²) in [5, 5.41) is 7.50. The average Bonchev–Trinajstić information content (AvgIpc) is 2.87. The van der Waals surface area contributed by atoms with Crippen LogP contribution in [-0.4, -0.2) is 23.7 Å². The van der Waals surface area contributed by atoms with E-state index in [1.165, 1.54) is 24.0 Å². The van der Waals surface area contributed by atoms with Crippen molar-refractivity contribution in [2.45, 2.75) is 32.7 Å². The minimum atomic E-state index is -0.369. The van der Waals surface area contributed by atoms with E-state index in [4.69, 9.17) is 17.0 Å². The van der Waals surface area contributed by atoms with Crippen LogP contribution in [0.2, 0.25) is 0 Å². The molecule has 0 bridgehead atoms. The molecule has 24 heavy (non-hydrogen) atoms. The summed E-state index contributed by atoms with van der Waals surface area (Å²) in [4.78, 5) is 13.1. The fraction of sp³-hybridized carbons (Fsp3) is 0.333. The number of nitrogens with one attached hydrogen (secondary N) is 2. The molecule has 0 radical (unpaired) electrons. The number of anilines is 1. The molecule has 1 aromatic heterocycles. The van der Waals surface area contributed by atoms with Crippen LogP contribution < -0.4 is 10.6 Å². The summed E-state index contributed by atoms with van der Waals surface area (Å²) < 4.78 is 4.89. The zero-order chi connectivity index (χ0) is 17.7. The maximum absolute atomic E-state index is 12.0. The second-order valence-electron chi connectivity index (χ2n) is 6.44. The summed E-state index contributed by atoms with van der Waals surface area (Å²) in [6, 6.07) is 12.0. The van der Waals surface area contributed by atoms with Gasteiger partial charge in [0.1, 0.15) is 5.00 Å². The highest BCUT2D eigenvalue weighted by atomic mass is 32.1. The molecule has 2 rings (SSSR count). The van der Waals surface area contributed by atoms with E-state index in [2.05, 4.69) is 22.8 Å². The van der Waals surface area contributed by atoms with Crippen molar-refractivity contribution in [2.24, 2.45) is 0 Å². The monoisotopic (exact) mass is 362 g/mol. The molecule has 0 aliphatic heterocycles. The molecule has 1 heterocycles. The highest BCUT2D eigenvalue weighted by Gasteiger charge is 2.19. The molecule has 0 saturated heterocycles. The van der Waals surface area contributed by atoms with Gasteiger partial charge in [0.2, 0.25) is 0 Å². The molecule has 0 atom stereocenters. The van der Waals surface area contributed by atoms with Gasteiger partial charge < -0.3 is 15.4 Å². The molecule has 0 unspecified atom stereocenters. The summed E-state index contributed by atoms with van der Waals surface area (Å²) in [5.74, 6) is -0.369. The van der Waals surface area contributed by atoms with Gasteiger partial charge in [-0.3, -0.25) is 0 Å². The molecule has 2 N–H and O–H groups in total. The third-order valence-electron chi connectivity index (χ3n) is 3.13. The molecule has 0 spiro atoms. The van der Waals surface area contributed by atoms with Gasteiger partial charge in [-0.05, 0) is 44.6 Å². The molecule has 0 fully saturated rings. The van der Waals surface area contributed by atoms with Crippen LogP contribution in [0.1, 0.15) is 41.6 Å². The van der Waals surface area contributed by atoms with Crippen molar-refractivity contribution in [1.29, 1.82) is 0 Å². The summed E-state index contributed by atoms with van der Waals surface area (Å²) in [6.45, 7) is 6.08. The van der Waals surface area contributed by atoms with Crippen LogP contribution in [0.15, 0.2) is 36.4 Å². The fourth-order valence-corrected chi connectivity index (χ4v) is 3.71. The number of thiophene rings is 1. The van der Waals surface area contributed by atoms with Gasteiger partial charge in [-0.2, -0.15) is 0 Å². The molecular formula is C18H22N2O2S2. The van der Waals surface area contributed by atoms with Gasteiger partial charge in [-0.25, -0.2) is 4.79 Å².